The number of benzene rings is 2. The van der Waals surface area contributed by atoms with Crippen molar-refractivity contribution >= 4 is 11.8 Å². The average Bonchev–Trinajstić information content (AvgIpc) is 2.76. The first-order valence-corrected chi connectivity index (χ1v) is 11.1. The SMILES string of the molecule is CCCNC(=O)[C@H](C)N(CCc1ccccc1)C(=O)CCc1ccc(C(C)C)cc1. The number of nitrogens with one attached hydrogen (secondary N) is 1. The summed E-state index contributed by atoms with van der Waals surface area (Å²) in [5.41, 5.74) is 3.62. The molecule has 2 amide bonds. The Morgan fingerprint density at radius 1 is 0.900 bits per heavy atom. The molecule has 0 radical (unpaired) electrons. The minimum Gasteiger partial charge on any atom is -0.354 e. The fraction of sp³-hybridized carbons (Fsp3) is 0.462. The molecular weight excluding hydrogens is 372 g/mol. The van der Waals surface area contributed by atoms with E-state index in [0.717, 1.165) is 18.4 Å². The Kier molecular flexibility index (Phi) is 9.59. The van der Waals surface area contributed by atoms with Crippen LogP contribution in [0.1, 0.15) is 63.1 Å². The van der Waals surface area contributed by atoms with Crippen LogP contribution in [0.25, 0.3) is 0 Å². The molecule has 1 atom stereocenters. The van der Waals surface area contributed by atoms with Crippen LogP contribution >= 0.6 is 0 Å². The molecule has 2 aromatic carbocycles. The van der Waals surface area contributed by atoms with Crippen molar-refractivity contribution in [3.8, 4) is 0 Å². The van der Waals surface area contributed by atoms with Gasteiger partial charge in [-0.2, -0.15) is 0 Å². The maximum Gasteiger partial charge on any atom is 0.242 e. The van der Waals surface area contributed by atoms with Gasteiger partial charge in [-0.1, -0.05) is 75.4 Å². The molecule has 0 aliphatic heterocycles. The summed E-state index contributed by atoms with van der Waals surface area (Å²) in [5.74, 6) is 0.439. The Morgan fingerprint density at radius 3 is 2.13 bits per heavy atom. The second-order valence-electron chi connectivity index (χ2n) is 8.19. The first-order valence-electron chi connectivity index (χ1n) is 11.1. The lowest BCUT2D eigenvalue weighted by Gasteiger charge is -2.29. The second kappa shape index (κ2) is 12.2. The van der Waals surface area contributed by atoms with Gasteiger partial charge >= 0.3 is 0 Å². The lowest BCUT2D eigenvalue weighted by Crippen LogP contribution is -2.49. The van der Waals surface area contributed by atoms with E-state index in [2.05, 4.69) is 55.6 Å². The summed E-state index contributed by atoms with van der Waals surface area (Å²) in [6, 6.07) is 18.1. The third-order valence-electron chi connectivity index (χ3n) is 5.47. The highest BCUT2D eigenvalue weighted by Gasteiger charge is 2.25. The van der Waals surface area contributed by atoms with Gasteiger partial charge in [0.25, 0.3) is 0 Å². The number of rotatable bonds is 11. The normalized spacial score (nSPS) is 11.9. The van der Waals surface area contributed by atoms with Crippen molar-refractivity contribution in [1.82, 2.24) is 10.2 Å². The second-order valence-corrected chi connectivity index (χ2v) is 8.19. The van der Waals surface area contributed by atoms with E-state index in [1.165, 1.54) is 11.1 Å². The van der Waals surface area contributed by atoms with E-state index in [-0.39, 0.29) is 11.8 Å². The molecule has 162 valence electrons. The predicted molar refractivity (Wildman–Crippen MR) is 123 cm³/mol. The van der Waals surface area contributed by atoms with Crippen LogP contribution in [0.4, 0.5) is 0 Å². The van der Waals surface area contributed by atoms with Crippen LogP contribution in [0, 0.1) is 0 Å². The van der Waals surface area contributed by atoms with Gasteiger partial charge in [0, 0.05) is 19.5 Å². The zero-order chi connectivity index (χ0) is 21.9. The van der Waals surface area contributed by atoms with Gasteiger partial charge in [-0.15, -0.1) is 0 Å². The summed E-state index contributed by atoms with van der Waals surface area (Å²) in [7, 11) is 0. The quantitative estimate of drug-likeness (QED) is 0.584. The number of amides is 2. The first kappa shape index (κ1) is 23.7. The third kappa shape index (κ3) is 7.33. The van der Waals surface area contributed by atoms with Gasteiger partial charge < -0.3 is 10.2 Å². The molecule has 4 nitrogen and oxygen atoms in total. The van der Waals surface area contributed by atoms with Crippen molar-refractivity contribution in [1.29, 1.82) is 0 Å². The van der Waals surface area contributed by atoms with Gasteiger partial charge in [0.15, 0.2) is 0 Å². The molecule has 4 heteroatoms. The van der Waals surface area contributed by atoms with Crippen molar-refractivity contribution in [2.24, 2.45) is 0 Å². The zero-order valence-corrected chi connectivity index (χ0v) is 18.9. The van der Waals surface area contributed by atoms with E-state index in [9.17, 15) is 9.59 Å². The predicted octanol–water partition coefficient (Wildman–Crippen LogP) is 4.73. The van der Waals surface area contributed by atoms with Crippen LogP contribution in [0.15, 0.2) is 54.6 Å². The minimum absolute atomic E-state index is 0.0259. The summed E-state index contributed by atoms with van der Waals surface area (Å²) in [6.07, 6.45) is 2.70. The minimum atomic E-state index is -0.476. The van der Waals surface area contributed by atoms with Gasteiger partial charge in [-0.05, 0) is 48.8 Å². The number of carbonyl (C=O) groups excluding carboxylic acids is 2. The topological polar surface area (TPSA) is 49.4 Å². The number of aryl methyl sites for hydroxylation is 1. The van der Waals surface area contributed by atoms with E-state index in [4.69, 9.17) is 0 Å². The molecular formula is C26H36N2O2. The van der Waals surface area contributed by atoms with Crippen molar-refractivity contribution in [2.75, 3.05) is 13.1 Å². The lowest BCUT2D eigenvalue weighted by atomic mass is 10.00. The molecule has 0 unspecified atom stereocenters. The van der Waals surface area contributed by atoms with Gasteiger partial charge in [-0.25, -0.2) is 0 Å². The van der Waals surface area contributed by atoms with Crippen LogP contribution in [0.5, 0.6) is 0 Å². The molecule has 0 bridgehead atoms. The molecule has 0 aliphatic rings. The lowest BCUT2D eigenvalue weighted by molar-refractivity contribution is -0.139. The molecule has 0 heterocycles. The van der Waals surface area contributed by atoms with Gasteiger partial charge in [0.1, 0.15) is 6.04 Å². The van der Waals surface area contributed by atoms with E-state index >= 15 is 0 Å². The summed E-state index contributed by atoms with van der Waals surface area (Å²) < 4.78 is 0. The van der Waals surface area contributed by atoms with E-state index in [1.54, 1.807) is 4.90 Å². The summed E-state index contributed by atoms with van der Waals surface area (Å²) in [6.45, 7) is 9.36. The van der Waals surface area contributed by atoms with Crippen molar-refractivity contribution < 1.29 is 9.59 Å². The molecule has 0 spiro atoms. The van der Waals surface area contributed by atoms with Crippen molar-refractivity contribution in [2.45, 2.75) is 65.3 Å². The Morgan fingerprint density at radius 2 is 1.53 bits per heavy atom. The van der Waals surface area contributed by atoms with Crippen LogP contribution < -0.4 is 5.32 Å². The van der Waals surface area contributed by atoms with Gasteiger partial charge in [0.2, 0.25) is 11.8 Å². The molecule has 0 aromatic heterocycles. The smallest absolute Gasteiger partial charge is 0.242 e. The standard InChI is InChI=1S/C26H36N2O2/c1-5-18-27-26(30)21(4)28(19-17-22-9-7-6-8-10-22)25(29)16-13-23-11-14-24(15-12-23)20(2)3/h6-12,14-15,20-21H,5,13,16-19H2,1-4H3,(H,27,30)/t21-/m0/s1. The highest BCUT2D eigenvalue weighted by atomic mass is 16.2. The van der Waals surface area contributed by atoms with Gasteiger partial charge in [-0.3, -0.25) is 9.59 Å². The van der Waals surface area contributed by atoms with E-state index in [0.29, 0.717) is 31.8 Å². The number of carbonyl (C=O) groups is 2. The molecule has 0 aliphatic carbocycles. The fourth-order valence-corrected chi connectivity index (χ4v) is 3.43. The highest BCUT2D eigenvalue weighted by molar-refractivity contribution is 5.87. The maximum absolute atomic E-state index is 13.1. The maximum atomic E-state index is 13.1. The van der Waals surface area contributed by atoms with Crippen LogP contribution in [0.3, 0.4) is 0 Å². The summed E-state index contributed by atoms with van der Waals surface area (Å²) in [5, 5.41) is 2.92. The molecule has 2 aromatic rings. The molecule has 0 saturated heterocycles. The summed E-state index contributed by atoms with van der Waals surface area (Å²) >= 11 is 0. The number of nitrogens with zero attached hydrogens (tertiary/aromatic N) is 1. The number of hydrogen-bond acceptors (Lipinski definition) is 2. The number of hydrogen-bond donors (Lipinski definition) is 1. The third-order valence-corrected chi connectivity index (χ3v) is 5.47. The Bertz CT molecular complexity index is 784. The monoisotopic (exact) mass is 408 g/mol. The zero-order valence-electron chi connectivity index (χ0n) is 18.9. The Labute approximate surface area is 181 Å². The molecule has 2 rings (SSSR count). The largest absolute Gasteiger partial charge is 0.354 e. The van der Waals surface area contributed by atoms with Crippen LogP contribution in [-0.4, -0.2) is 35.8 Å². The van der Waals surface area contributed by atoms with Gasteiger partial charge in [0.05, 0.1) is 0 Å². The molecule has 1 N–H and O–H groups in total. The first-order chi connectivity index (χ1) is 14.4. The molecule has 30 heavy (non-hydrogen) atoms. The van der Waals surface area contributed by atoms with Crippen LogP contribution in [-0.2, 0) is 22.4 Å². The van der Waals surface area contributed by atoms with E-state index in [1.807, 2.05) is 32.0 Å². The van der Waals surface area contributed by atoms with Crippen molar-refractivity contribution in [3.05, 3.63) is 71.3 Å². The van der Waals surface area contributed by atoms with E-state index < -0.39 is 6.04 Å². The summed E-state index contributed by atoms with van der Waals surface area (Å²) in [4.78, 5) is 27.3. The van der Waals surface area contributed by atoms with Crippen LogP contribution in [0.2, 0.25) is 0 Å². The fourth-order valence-electron chi connectivity index (χ4n) is 3.43. The molecule has 0 fully saturated rings. The Balaban J connectivity index is 2.03. The van der Waals surface area contributed by atoms with Crippen molar-refractivity contribution in [3.63, 3.8) is 0 Å². The Hall–Kier alpha value is -2.62. The highest BCUT2D eigenvalue weighted by Crippen LogP contribution is 2.16. The molecule has 0 saturated carbocycles. The average molecular weight is 409 g/mol.